The Morgan fingerprint density at radius 3 is 2.50 bits per heavy atom. The van der Waals surface area contributed by atoms with Crippen molar-refractivity contribution >= 4 is 5.78 Å². The molecule has 0 aliphatic heterocycles. The van der Waals surface area contributed by atoms with Gasteiger partial charge in [0.25, 0.3) is 0 Å². The highest BCUT2D eigenvalue weighted by Crippen LogP contribution is 2.19. The third-order valence-corrected chi connectivity index (χ3v) is 2.81. The van der Waals surface area contributed by atoms with Crippen molar-refractivity contribution in [3.63, 3.8) is 0 Å². The van der Waals surface area contributed by atoms with Crippen LogP contribution in [0.5, 0.6) is 5.75 Å². The molecule has 0 aliphatic rings. The average molecular weight is 264 g/mol. The van der Waals surface area contributed by atoms with Crippen molar-refractivity contribution in [3.05, 3.63) is 65.7 Å². The first-order valence-corrected chi connectivity index (χ1v) is 6.60. The first-order valence-electron chi connectivity index (χ1n) is 6.60. The highest BCUT2D eigenvalue weighted by molar-refractivity contribution is 5.98. The third-order valence-electron chi connectivity index (χ3n) is 2.81. The van der Waals surface area contributed by atoms with Crippen molar-refractivity contribution in [2.45, 2.75) is 13.3 Å². The fraction of sp³-hybridized carbons (Fsp3) is 0.167. The third kappa shape index (κ3) is 3.73. The van der Waals surface area contributed by atoms with Crippen LogP contribution in [0.3, 0.4) is 0 Å². The predicted molar refractivity (Wildman–Crippen MR) is 79.9 cm³/mol. The lowest BCUT2D eigenvalue weighted by Crippen LogP contribution is -2.03. The Morgan fingerprint density at radius 1 is 1.05 bits per heavy atom. The summed E-state index contributed by atoms with van der Waals surface area (Å²) in [6, 6.07) is 17.0. The summed E-state index contributed by atoms with van der Waals surface area (Å²) in [5.41, 5.74) is 1.57. The Morgan fingerprint density at radius 2 is 1.75 bits per heavy atom. The zero-order valence-corrected chi connectivity index (χ0v) is 11.4. The van der Waals surface area contributed by atoms with Gasteiger partial charge in [-0.2, -0.15) is 0 Å². The van der Waals surface area contributed by atoms with Crippen LogP contribution in [-0.4, -0.2) is 12.4 Å². The number of ketones is 1. The van der Waals surface area contributed by atoms with E-state index in [9.17, 15) is 4.79 Å². The van der Waals surface area contributed by atoms with Crippen LogP contribution in [0.2, 0.25) is 0 Å². The average Bonchev–Trinajstić information content (AvgIpc) is 2.52. The molecule has 0 saturated carbocycles. The van der Waals surface area contributed by atoms with E-state index in [1.165, 1.54) is 0 Å². The van der Waals surface area contributed by atoms with Gasteiger partial charge in [0.05, 0.1) is 5.56 Å². The molecule has 0 atom stereocenters. The molecule has 0 spiro atoms. The Hall–Kier alpha value is -2.53. The van der Waals surface area contributed by atoms with Gasteiger partial charge < -0.3 is 4.74 Å². The minimum absolute atomic E-state index is 0.0802. The summed E-state index contributed by atoms with van der Waals surface area (Å²) < 4.78 is 5.59. The molecule has 0 saturated heterocycles. The normalized spacial score (nSPS) is 9.45. The van der Waals surface area contributed by atoms with Gasteiger partial charge in [-0.15, -0.1) is 0 Å². The predicted octanol–water partition coefficient (Wildman–Crippen LogP) is 3.71. The molecule has 0 aromatic heterocycles. The van der Waals surface area contributed by atoms with Crippen LogP contribution < -0.4 is 4.74 Å². The number of Topliss-reactive ketones (excluding diaryl/α,β-unsaturated/α-hetero) is 1. The van der Waals surface area contributed by atoms with Crippen LogP contribution in [0.15, 0.2) is 54.6 Å². The second-order valence-electron chi connectivity index (χ2n) is 4.23. The van der Waals surface area contributed by atoms with Crippen LogP contribution in [0, 0.1) is 11.8 Å². The summed E-state index contributed by atoms with van der Waals surface area (Å²) in [5, 5.41) is 0. The maximum atomic E-state index is 11.8. The van der Waals surface area contributed by atoms with Crippen LogP contribution in [0.4, 0.5) is 0 Å². The molecule has 2 nitrogen and oxygen atoms in total. The molecule has 0 N–H and O–H groups in total. The summed E-state index contributed by atoms with van der Waals surface area (Å²) in [6.07, 6.45) is 0.468. The molecule has 0 aliphatic carbocycles. The quantitative estimate of drug-likeness (QED) is 0.621. The van der Waals surface area contributed by atoms with Crippen molar-refractivity contribution in [1.29, 1.82) is 0 Å². The highest BCUT2D eigenvalue weighted by atomic mass is 16.5. The van der Waals surface area contributed by atoms with E-state index in [2.05, 4.69) is 11.8 Å². The number of benzene rings is 2. The summed E-state index contributed by atoms with van der Waals surface area (Å²) >= 11 is 0. The molecular weight excluding hydrogens is 248 g/mol. The molecule has 2 heteroatoms. The molecule has 0 heterocycles. The largest absolute Gasteiger partial charge is 0.480 e. The lowest BCUT2D eigenvalue weighted by molar-refractivity contribution is 0.0985. The van der Waals surface area contributed by atoms with E-state index in [1.807, 2.05) is 49.4 Å². The SMILES string of the molecule is CCC(=O)c1ccccc1OCC#Cc1ccccc1. The van der Waals surface area contributed by atoms with E-state index >= 15 is 0 Å². The van der Waals surface area contributed by atoms with Gasteiger partial charge in [0.1, 0.15) is 12.4 Å². The van der Waals surface area contributed by atoms with Gasteiger partial charge in [0, 0.05) is 12.0 Å². The van der Waals surface area contributed by atoms with Crippen LogP contribution in [0.25, 0.3) is 0 Å². The number of rotatable bonds is 4. The van der Waals surface area contributed by atoms with E-state index in [-0.39, 0.29) is 12.4 Å². The molecule has 20 heavy (non-hydrogen) atoms. The molecule has 0 radical (unpaired) electrons. The first-order chi connectivity index (χ1) is 9.81. The Kier molecular flexibility index (Phi) is 4.97. The fourth-order valence-corrected chi connectivity index (χ4v) is 1.79. The van der Waals surface area contributed by atoms with Gasteiger partial charge >= 0.3 is 0 Å². The van der Waals surface area contributed by atoms with E-state index in [0.29, 0.717) is 17.7 Å². The van der Waals surface area contributed by atoms with Gasteiger partial charge in [-0.3, -0.25) is 4.79 Å². The van der Waals surface area contributed by atoms with Crippen molar-refractivity contribution in [2.24, 2.45) is 0 Å². The monoisotopic (exact) mass is 264 g/mol. The topological polar surface area (TPSA) is 26.3 Å². The molecule has 0 unspecified atom stereocenters. The van der Waals surface area contributed by atoms with Crippen molar-refractivity contribution in [1.82, 2.24) is 0 Å². The molecule has 2 aromatic carbocycles. The van der Waals surface area contributed by atoms with Gasteiger partial charge in [0.2, 0.25) is 0 Å². The van der Waals surface area contributed by atoms with Crippen molar-refractivity contribution < 1.29 is 9.53 Å². The highest BCUT2D eigenvalue weighted by Gasteiger charge is 2.09. The fourth-order valence-electron chi connectivity index (χ4n) is 1.79. The number of para-hydroxylation sites is 1. The first kappa shape index (κ1) is 13.9. The zero-order valence-electron chi connectivity index (χ0n) is 11.4. The molecule has 0 fully saturated rings. The smallest absolute Gasteiger partial charge is 0.166 e. The minimum Gasteiger partial charge on any atom is -0.480 e. The standard InChI is InChI=1S/C18H16O2/c1-2-17(19)16-12-6-7-13-18(16)20-14-8-11-15-9-4-3-5-10-15/h3-7,9-10,12-13H,2,14H2,1H3. The Labute approximate surface area is 119 Å². The molecule has 0 amide bonds. The number of hydrogen-bond donors (Lipinski definition) is 0. The summed E-state index contributed by atoms with van der Waals surface area (Å²) in [6.45, 7) is 2.11. The maximum Gasteiger partial charge on any atom is 0.166 e. The second kappa shape index (κ2) is 7.16. The van der Waals surface area contributed by atoms with E-state index in [1.54, 1.807) is 12.1 Å². The number of carbonyl (C=O) groups is 1. The van der Waals surface area contributed by atoms with Crippen molar-refractivity contribution in [3.8, 4) is 17.6 Å². The van der Waals surface area contributed by atoms with E-state index in [4.69, 9.17) is 4.74 Å². The minimum atomic E-state index is 0.0802. The Balaban J connectivity index is 2.02. The molecule has 100 valence electrons. The number of hydrogen-bond acceptors (Lipinski definition) is 2. The van der Waals surface area contributed by atoms with E-state index < -0.39 is 0 Å². The summed E-state index contributed by atoms with van der Waals surface area (Å²) in [7, 11) is 0. The van der Waals surface area contributed by atoms with Gasteiger partial charge in [-0.25, -0.2) is 0 Å². The van der Waals surface area contributed by atoms with Crippen LogP contribution in [-0.2, 0) is 0 Å². The summed E-state index contributed by atoms with van der Waals surface area (Å²) in [4.78, 5) is 11.8. The van der Waals surface area contributed by atoms with Gasteiger partial charge in [0.15, 0.2) is 5.78 Å². The van der Waals surface area contributed by atoms with Crippen LogP contribution in [0.1, 0.15) is 29.3 Å². The van der Waals surface area contributed by atoms with Gasteiger partial charge in [-0.05, 0) is 24.3 Å². The van der Waals surface area contributed by atoms with Gasteiger partial charge in [-0.1, -0.05) is 49.1 Å². The maximum absolute atomic E-state index is 11.8. The van der Waals surface area contributed by atoms with Crippen molar-refractivity contribution in [2.75, 3.05) is 6.61 Å². The second-order valence-corrected chi connectivity index (χ2v) is 4.23. The number of ether oxygens (including phenoxy) is 1. The van der Waals surface area contributed by atoms with Crippen LogP contribution >= 0.6 is 0 Å². The molecule has 0 bridgehead atoms. The zero-order chi connectivity index (χ0) is 14.2. The lowest BCUT2D eigenvalue weighted by Gasteiger charge is -2.07. The Bertz CT molecular complexity index is 633. The molecule has 2 aromatic rings. The summed E-state index contributed by atoms with van der Waals surface area (Å²) in [5.74, 6) is 6.65. The van der Waals surface area contributed by atoms with E-state index in [0.717, 1.165) is 5.56 Å². The molecule has 2 rings (SSSR count). The molecular formula is C18H16O2. The lowest BCUT2D eigenvalue weighted by atomic mass is 10.1. The number of carbonyl (C=O) groups excluding carboxylic acids is 1.